The lowest BCUT2D eigenvalue weighted by Gasteiger charge is -2.34. The van der Waals surface area contributed by atoms with Gasteiger partial charge in [0.1, 0.15) is 0 Å². The highest BCUT2D eigenvalue weighted by molar-refractivity contribution is 5.67. The number of alkyl halides is 2. The van der Waals surface area contributed by atoms with E-state index in [-0.39, 0.29) is 6.42 Å². The monoisotopic (exact) mass is 237 g/mol. The van der Waals surface area contributed by atoms with E-state index in [2.05, 4.69) is 0 Å². The SMILES string of the molecule is CCCCC1(CO)CC(F)(F)CN1C(=O)O. The molecule has 0 aromatic carbocycles. The summed E-state index contributed by atoms with van der Waals surface area (Å²) in [5.74, 6) is -3.03. The molecule has 94 valence electrons. The van der Waals surface area contributed by atoms with Gasteiger partial charge in [-0.05, 0) is 6.42 Å². The van der Waals surface area contributed by atoms with Crippen LogP contribution in [0.3, 0.4) is 0 Å². The zero-order valence-electron chi connectivity index (χ0n) is 9.25. The summed E-state index contributed by atoms with van der Waals surface area (Å²) in [6, 6.07) is 0. The van der Waals surface area contributed by atoms with E-state index < -0.39 is 37.1 Å². The minimum Gasteiger partial charge on any atom is -0.465 e. The van der Waals surface area contributed by atoms with Crippen LogP contribution in [-0.2, 0) is 0 Å². The van der Waals surface area contributed by atoms with Gasteiger partial charge in [0.05, 0.1) is 18.7 Å². The lowest BCUT2D eigenvalue weighted by Crippen LogP contribution is -2.49. The van der Waals surface area contributed by atoms with Crippen molar-refractivity contribution >= 4 is 6.09 Å². The van der Waals surface area contributed by atoms with Crippen molar-refractivity contribution in [1.82, 2.24) is 4.90 Å². The number of carboxylic acid groups (broad SMARTS) is 1. The molecule has 1 unspecified atom stereocenters. The van der Waals surface area contributed by atoms with Crippen molar-refractivity contribution in [2.75, 3.05) is 13.2 Å². The van der Waals surface area contributed by atoms with Crippen LogP contribution >= 0.6 is 0 Å². The Balaban J connectivity index is 2.90. The standard InChI is InChI=1S/C10H17F2NO3/c1-2-3-4-9(7-14)5-10(11,12)6-13(9)8(15)16/h14H,2-7H2,1H3,(H,15,16). The van der Waals surface area contributed by atoms with Crippen LogP contribution in [0.2, 0.25) is 0 Å². The van der Waals surface area contributed by atoms with E-state index in [1.54, 1.807) is 0 Å². The van der Waals surface area contributed by atoms with Gasteiger partial charge < -0.3 is 10.2 Å². The quantitative estimate of drug-likeness (QED) is 0.785. The second kappa shape index (κ2) is 4.53. The van der Waals surface area contributed by atoms with Gasteiger partial charge >= 0.3 is 6.09 Å². The number of rotatable bonds is 4. The molecule has 1 aliphatic rings. The molecule has 4 nitrogen and oxygen atoms in total. The van der Waals surface area contributed by atoms with Gasteiger partial charge in [-0.2, -0.15) is 0 Å². The van der Waals surface area contributed by atoms with Crippen molar-refractivity contribution in [3.63, 3.8) is 0 Å². The summed E-state index contributed by atoms with van der Waals surface area (Å²) in [5.41, 5.74) is -1.30. The van der Waals surface area contributed by atoms with Gasteiger partial charge in [0.2, 0.25) is 0 Å². The topological polar surface area (TPSA) is 60.8 Å². The first-order chi connectivity index (χ1) is 7.37. The minimum absolute atomic E-state index is 0.280. The molecule has 0 bridgehead atoms. The summed E-state index contributed by atoms with van der Waals surface area (Å²) in [7, 11) is 0. The van der Waals surface area contributed by atoms with Crippen LogP contribution in [0.4, 0.5) is 13.6 Å². The summed E-state index contributed by atoms with van der Waals surface area (Å²) in [4.78, 5) is 11.6. The van der Waals surface area contributed by atoms with Crippen molar-refractivity contribution in [3.05, 3.63) is 0 Å². The van der Waals surface area contributed by atoms with E-state index in [0.29, 0.717) is 11.3 Å². The fourth-order valence-electron chi connectivity index (χ4n) is 2.25. The number of nitrogens with zero attached hydrogens (tertiary/aromatic N) is 1. The van der Waals surface area contributed by atoms with E-state index in [1.165, 1.54) is 0 Å². The second-order valence-electron chi connectivity index (χ2n) is 4.39. The van der Waals surface area contributed by atoms with Crippen LogP contribution in [0.25, 0.3) is 0 Å². The van der Waals surface area contributed by atoms with Crippen LogP contribution < -0.4 is 0 Å². The number of hydrogen-bond donors (Lipinski definition) is 2. The van der Waals surface area contributed by atoms with Gasteiger partial charge in [-0.25, -0.2) is 13.6 Å². The van der Waals surface area contributed by atoms with Gasteiger partial charge in [0.25, 0.3) is 5.92 Å². The Hall–Kier alpha value is -0.910. The van der Waals surface area contributed by atoms with E-state index >= 15 is 0 Å². The third-order valence-electron chi connectivity index (χ3n) is 3.07. The van der Waals surface area contributed by atoms with E-state index in [1.807, 2.05) is 6.92 Å². The van der Waals surface area contributed by atoms with Gasteiger partial charge in [-0.15, -0.1) is 0 Å². The van der Waals surface area contributed by atoms with Crippen LogP contribution in [0.1, 0.15) is 32.6 Å². The third kappa shape index (κ3) is 2.42. The van der Waals surface area contributed by atoms with Crippen LogP contribution in [0.15, 0.2) is 0 Å². The molecule has 0 aromatic rings. The largest absolute Gasteiger partial charge is 0.465 e. The number of unbranched alkanes of at least 4 members (excludes halogenated alkanes) is 1. The number of halogens is 2. The number of aliphatic hydroxyl groups is 1. The van der Waals surface area contributed by atoms with Gasteiger partial charge in [-0.1, -0.05) is 19.8 Å². The molecule has 0 saturated carbocycles. The first kappa shape index (κ1) is 13.2. The minimum atomic E-state index is -3.03. The normalized spacial score (nSPS) is 28.4. The van der Waals surface area contributed by atoms with Crippen molar-refractivity contribution < 1.29 is 23.8 Å². The highest BCUT2D eigenvalue weighted by atomic mass is 19.3. The molecular formula is C10H17F2NO3. The average molecular weight is 237 g/mol. The zero-order chi connectivity index (χ0) is 12.4. The van der Waals surface area contributed by atoms with Gasteiger partial charge in [0, 0.05) is 6.42 Å². The molecule has 2 N–H and O–H groups in total. The summed E-state index contributed by atoms with van der Waals surface area (Å²) in [5, 5.41) is 18.1. The molecule has 1 amide bonds. The molecule has 1 heterocycles. The first-order valence-corrected chi connectivity index (χ1v) is 5.36. The van der Waals surface area contributed by atoms with E-state index in [4.69, 9.17) is 5.11 Å². The predicted octanol–water partition coefficient (Wildman–Crippen LogP) is 1.93. The lowest BCUT2D eigenvalue weighted by atomic mass is 9.90. The number of carbonyl (C=O) groups is 1. The molecule has 0 spiro atoms. The van der Waals surface area contributed by atoms with Crippen LogP contribution in [0.5, 0.6) is 0 Å². The second-order valence-corrected chi connectivity index (χ2v) is 4.39. The molecule has 1 atom stereocenters. The Kier molecular flexibility index (Phi) is 3.72. The molecule has 0 radical (unpaired) electrons. The molecule has 6 heteroatoms. The number of likely N-dealkylation sites (tertiary alicyclic amines) is 1. The Bertz CT molecular complexity index is 273. The summed E-state index contributed by atoms with van der Waals surface area (Å²) in [6.45, 7) is 0.533. The maximum absolute atomic E-state index is 13.2. The molecular weight excluding hydrogens is 220 g/mol. The van der Waals surface area contributed by atoms with Crippen molar-refractivity contribution in [1.29, 1.82) is 0 Å². The average Bonchev–Trinajstić information content (AvgIpc) is 2.48. The number of amides is 1. The van der Waals surface area contributed by atoms with Crippen molar-refractivity contribution in [2.45, 2.75) is 44.1 Å². The van der Waals surface area contributed by atoms with Crippen LogP contribution in [0, 0.1) is 0 Å². The highest BCUT2D eigenvalue weighted by Crippen LogP contribution is 2.42. The molecule has 1 fully saturated rings. The van der Waals surface area contributed by atoms with Crippen LogP contribution in [-0.4, -0.2) is 45.8 Å². The summed E-state index contributed by atoms with van der Waals surface area (Å²) >= 11 is 0. The fraction of sp³-hybridized carbons (Fsp3) is 0.900. The molecule has 16 heavy (non-hydrogen) atoms. The van der Waals surface area contributed by atoms with Crippen molar-refractivity contribution in [3.8, 4) is 0 Å². The van der Waals surface area contributed by atoms with Crippen molar-refractivity contribution in [2.24, 2.45) is 0 Å². The predicted molar refractivity (Wildman–Crippen MR) is 53.6 cm³/mol. The lowest BCUT2D eigenvalue weighted by molar-refractivity contribution is 0.00929. The molecule has 0 aromatic heterocycles. The maximum atomic E-state index is 13.2. The molecule has 1 aliphatic heterocycles. The first-order valence-electron chi connectivity index (χ1n) is 5.36. The fourth-order valence-corrected chi connectivity index (χ4v) is 2.25. The van der Waals surface area contributed by atoms with E-state index in [9.17, 15) is 18.7 Å². The zero-order valence-corrected chi connectivity index (χ0v) is 9.25. The van der Waals surface area contributed by atoms with Gasteiger partial charge in [0.15, 0.2) is 0 Å². The number of aliphatic hydroxyl groups excluding tert-OH is 1. The third-order valence-corrected chi connectivity index (χ3v) is 3.07. The molecule has 1 rings (SSSR count). The highest BCUT2D eigenvalue weighted by Gasteiger charge is 2.56. The number of hydrogen-bond acceptors (Lipinski definition) is 2. The Morgan fingerprint density at radius 2 is 2.12 bits per heavy atom. The molecule has 1 saturated heterocycles. The Labute approximate surface area is 92.9 Å². The maximum Gasteiger partial charge on any atom is 0.408 e. The Morgan fingerprint density at radius 3 is 2.56 bits per heavy atom. The molecule has 0 aliphatic carbocycles. The Morgan fingerprint density at radius 1 is 1.50 bits per heavy atom. The smallest absolute Gasteiger partial charge is 0.408 e. The summed E-state index contributed by atoms with van der Waals surface area (Å²) < 4.78 is 26.5. The summed E-state index contributed by atoms with van der Waals surface area (Å²) in [6.07, 6.45) is -0.284. The van der Waals surface area contributed by atoms with E-state index in [0.717, 1.165) is 6.42 Å². The van der Waals surface area contributed by atoms with Gasteiger partial charge in [-0.3, -0.25) is 4.90 Å².